The molecular formula is C15H21NO3. The molecule has 0 aliphatic rings. The maximum absolute atomic E-state index is 11.7. The van der Waals surface area contributed by atoms with E-state index in [1.54, 1.807) is 14.0 Å². The molecule has 0 aliphatic heterocycles. The Bertz CT molecular complexity index is 412. The molecule has 0 saturated heterocycles. The molecule has 4 heteroatoms. The highest BCUT2D eigenvalue weighted by Gasteiger charge is 2.03. The molecule has 0 heterocycles. The molecular weight excluding hydrogens is 242 g/mol. The second kappa shape index (κ2) is 8.29. The summed E-state index contributed by atoms with van der Waals surface area (Å²) in [7, 11) is 1.61. The third-order valence-electron chi connectivity index (χ3n) is 2.81. The lowest BCUT2D eigenvalue weighted by atomic mass is 10.1. The summed E-state index contributed by atoms with van der Waals surface area (Å²) >= 11 is 0. The van der Waals surface area contributed by atoms with E-state index >= 15 is 0 Å². The van der Waals surface area contributed by atoms with Gasteiger partial charge in [-0.25, -0.2) is 0 Å². The number of hydrogen-bond donors (Lipinski definition) is 1. The largest absolute Gasteiger partial charge is 0.497 e. The minimum absolute atomic E-state index is 0.00740. The van der Waals surface area contributed by atoms with Gasteiger partial charge in [0.15, 0.2) is 0 Å². The monoisotopic (exact) mass is 263 g/mol. The van der Waals surface area contributed by atoms with Crippen molar-refractivity contribution in [1.29, 1.82) is 0 Å². The predicted molar refractivity (Wildman–Crippen MR) is 75.4 cm³/mol. The van der Waals surface area contributed by atoms with Gasteiger partial charge in [0.1, 0.15) is 11.5 Å². The minimum atomic E-state index is 0.00740. The van der Waals surface area contributed by atoms with Crippen LogP contribution < -0.4 is 10.1 Å². The van der Waals surface area contributed by atoms with Gasteiger partial charge in [-0.3, -0.25) is 4.79 Å². The number of Topliss-reactive ketones (excluding diaryl/α,β-unsaturated/α-hetero) is 1. The highest BCUT2D eigenvalue weighted by molar-refractivity contribution is 5.90. The fourth-order valence-electron chi connectivity index (χ4n) is 1.73. The second-order valence-electron chi connectivity index (χ2n) is 4.54. The first-order valence-electron chi connectivity index (χ1n) is 6.55. The number of unbranched alkanes of at least 4 members (excludes halogenated alkanes) is 2. The normalized spacial score (nSPS) is 10.0. The number of anilines is 1. The lowest BCUT2D eigenvalue weighted by molar-refractivity contribution is -0.117. The molecule has 104 valence electrons. The maximum Gasteiger partial charge on any atom is 0.224 e. The summed E-state index contributed by atoms with van der Waals surface area (Å²) in [5.41, 5.74) is 0.773. The van der Waals surface area contributed by atoms with Crippen LogP contribution >= 0.6 is 0 Å². The number of ketones is 1. The van der Waals surface area contributed by atoms with Crippen LogP contribution in [0.3, 0.4) is 0 Å². The number of nitrogens with one attached hydrogen (secondary N) is 1. The predicted octanol–water partition coefficient (Wildman–Crippen LogP) is 3.17. The van der Waals surface area contributed by atoms with Crippen LogP contribution in [0, 0.1) is 0 Å². The Hall–Kier alpha value is -1.84. The van der Waals surface area contributed by atoms with Gasteiger partial charge >= 0.3 is 0 Å². The Morgan fingerprint density at radius 1 is 1.05 bits per heavy atom. The lowest BCUT2D eigenvalue weighted by Gasteiger charge is -2.06. The molecule has 1 amide bonds. The molecule has 0 unspecified atom stereocenters. The summed E-state index contributed by atoms with van der Waals surface area (Å²) in [6.07, 6.45) is 3.69. The average Bonchev–Trinajstić information content (AvgIpc) is 2.39. The van der Waals surface area contributed by atoms with Gasteiger partial charge in [0.2, 0.25) is 5.91 Å². The first-order valence-corrected chi connectivity index (χ1v) is 6.55. The van der Waals surface area contributed by atoms with Crippen LogP contribution in [0.5, 0.6) is 5.75 Å². The molecule has 0 atom stereocenters. The zero-order valence-electron chi connectivity index (χ0n) is 11.6. The van der Waals surface area contributed by atoms with Gasteiger partial charge in [0.05, 0.1) is 7.11 Å². The van der Waals surface area contributed by atoms with E-state index in [9.17, 15) is 9.59 Å². The fourth-order valence-corrected chi connectivity index (χ4v) is 1.73. The Morgan fingerprint density at radius 3 is 2.26 bits per heavy atom. The molecule has 1 rings (SSSR count). The number of ether oxygens (including phenoxy) is 1. The third-order valence-corrected chi connectivity index (χ3v) is 2.81. The van der Waals surface area contributed by atoms with Gasteiger partial charge in [-0.2, -0.15) is 0 Å². The topological polar surface area (TPSA) is 55.4 Å². The molecule has 0 saturated carbocycles. The van der Waals surface area contributed by atoms with E-state index in [4.69, 9.17) is 4.74 Å². The van der Waals surface area contributed by atoms with E-state index in [-0.39, 0.29) is 11.7 Å². The van der Waals surface area contributed by atoms with Crippen molar-refractivity contribution in [2.24, 2.45) is 0 Å². The van der Waals surface area contributed by atoms with Crippen molar-refractivity contribution in [3.8, 4) is 5.75 Å². The first kappa shape index (κ1) is 15.2. The summed E-state index contributed by atoms with van der Waals surface area (Å²) in [4.78, 5) is 22.4. The summed E-state index contributed by atoms with van der Waals surface area (Å²) in [6, 6.07) is 7.24. The number of amides is 1. The first-order chi connectivity index (χ1) is 9.11. The molecule has 19 heavy (non-hydrogen) atoms. The van der Waals surface area contributed by atoms with Crippen LogP contribution in [0.1, 0.15) is 39.0 Å². The smallest absolute Gasteiger partial charge is 0.224 e. The standard InChI is InChI=1S/C15H21NO3/c1-12(17)6-4-3-5-7-15(18)16-13-8-10-14(19-2)11-9-13/h8-11H,3-7H2,1-2H3,(H,16,18). The van der Waals surface area contributed by atoms with Crippen LogP contribution in [0.15, 0.2) is 24.3 Å². The molecule has 1 aromatic rings. The van der Waals surface area contributed by atoms with Crippen LogP contribution in [-0.2, 0) is 9.59 Å². The molecule has 0 spiro atoms. The average molecular weight is 263 g/mol. The number of benzene rings is 1. The van der Waals surface area contributed by atoms with E-state index in [1.165, 1.54) is 0 Å². The van der Waals surface area contributed by atoms with Gasteiger partial charge in [-0.1, -0.05) is 6.42 Å². The van der Waals surface area contributed by atoms with Crippen molar-refractivity contribution in [2.45, 2.75) is 39.0 Å². The van der Waals surface area contributed by atoms with E-state index < -0.39 is 0 Å². The zero-order chi connectivity index (χ0) is 14.1. The summed E-state index contributed by atoms with van der Waals surface area (Å²) in [5.74, 6) is 0.984. The molecule has 0 aromatic heterocycles. The van der Waals surface area contributed by atoms with Crippen molar-refractivity contribution < 1.29 is 14.3 Å². The number of carbonyl (C=O) groups excluding carboxylic acids is 2. The quantitative estimate of drug-likeness (QED) is 0.733. The van der Waals surface area contributed by atoms with Gasteiger partial charge in [-0.05, 0) is 44.0 Å². The highest BCUT2D eigenvalue weighted by atomic mass is 16.5. The second-order valence-corrected chi connectivity index (χ2v) is 4.54. The molecule has 0 radical (unpaired) electrons. The maximum atomic E-state index is 11.7. The number of hydrogen-bond acceptors (Lipinski definition) is 3. The molecule has 4 nitrogen and oxygen atoms in total. The van der Waals surface area contributed by atoms with Crippen molar-refractivity contribution >= 4 is 17.4 Å². The number of rotatable bonds is 8. The molecule has 1 N–H and O–H groups in total. The summed E-state index contributed by atoms with van der Waals surface area (Å²) in [6.45, 7) is 1.59. The van der Waals surface area contributed by atoms with Crippen molar-refractivity contribution in [1.82, 2.24) is 0 Å². The molecule has 0 bridgehead atoms. The van der Waals surface area contributed by atoms with E-state index in [0.717, 1.165) is 30.7 Å². The Balaban J connectivity index is 2.21. The van der Waals surface area contributed by atoms with Crippen LogP contribution in [0.2, 0.25) is 0 Å². The van der Waals surface area contributed by atoms with Crippen LogP contribution in [-0.4, -0.2) is 18.8 Å². The zero-order valence-corrected chi connectivity index (χ0v) is 11.6. The molecule has 0 fully saturated rings. The van der Waals surface area contributed by atoms with Crippen molar-refractivity contribution in [2.75, 3.05) is 12.4 Å². The van der Waals surface area contributed by atoms with Crippen molar-refractivity contribution in [3.05, 3.63) is 24.3 Å². The minimum Gasteiger partial charge on any atom is -0.497 e. The SMILES string of the molecule is COc1ccc(NC(=O)CCCCCC(C)=O)cc1. The molecule has 1 aromatic carbocycles. The van der Waals surface area contributed by atoms with E-state index in [2.05, 4.69) is 5.32 Å². The van der Waals surface area contributed by atoms with Gasteiger partial charge < -0.3 is 14.8 Å². The van der Waals surface area contributed by atoms with Crippen LogP contribution in [0.25, 0.3) is 0 Å². The van der Waals surface area contributed by atoms with E-state index in [0.29, 0.717) is 12.8 Å². The van der Waals surface area contributed by atoms with E-state index in [1.807, 2.05) is 24.3 Å². The Labute approximate surface area is 114 Å². The Morgan fingerprint density at radius 2 is 1.68 bits per heavy atom. The molecule has 0 aliphatic carbocycles. The third kappa shape index (κ3) is 6.60. The Kier molecular flexibility index (Phi) is 6.64. The van der Waals surface area contributed by atoms with Gasteiger partial charge in [-0.15, -0.1) is 0 Å². The van der Waals surface area contributed by atoms with Crippen LogP contribution in [0.4, 0.5) is 5.69 Å². The number of methoxy groups -OCH3 is 1. The van der Waals surface area contributed by atoms with Gasteiger partial charge in [0, 0.05) is 18.5 Å². The fraction of sp³-hybridized carbons (Fsp3) is 0.467. The summed E-state index contributed by atoms with van der Waals surface area (Å²) < 4.78 is 5.05. The highest BCUT2D eigenvalue weighted by Crippen LogP contribution is 2.15. The lowest BCUT2D eigenvalue weighted by Crippen LogP contribution is -2.10. The summed E-state index contributed by atoms with van der Waals surface area (Å²) in [5, 5.41) is 2.83. The van der Waals surface area contributed by atoms with Crippen molar-refractivity contribution in [3.63, 3.8) is 0 Å². The number of carbonyl (C=O) groups is 2. The van der Waals surface area contributed by atoms with Gasteiger partial charge in [0.25, 0.3) is 0 Å².